The molecule has 0 aromatic heterocycles. The number of methoxy groups -OCH3 is 1. The molecule has 0 saturated carbocycles. The zero-order valence-corrected chi connectivity index (χ0v) is 20.5. The largest absolute Gasteiger partial charge is 0.492 e. The summed E-state index contributed by atoms with van der Waals surface area (Å²) in [5.41, 5.74) is 6.53. The van der Waals surface area contributed by atoms with E-state index in [1.807, 2.05) is 18.2 Å². The molecule has 3 aliphatic rings. The van der Waals surface area contributed by atoms with Crippen LogP contribution in [-0.2, 0) is 16.0 Å². The average Bonchev–Trinajstić information content (AvgIpc) is 3.42. The molecule has 1 heterocycles. The van der Waals surface area contributed by atoms with Crippen molar-refractivity contribution in [1.29, 1.82) is 0 Å². The summed E-state index contributed by atoms with van der Waals surface area (Å²) >= 11 is 0. The average molecular weight is 459 g/mol. The van der Waals surface area contributed by atoms with Crippen molar-refractivity contribution < 1.29 is 19.0 Å². The first-order chi connectivity index (χ1) is 16.4. The van der Waals surface area contributed by atoms with Crippen molar-refractivity contribution >= 4 is 11.5 Å². The number of ether oxygens (including phenoxy) is 3. The van der Waals surface area contributed by atoms with Gasteiger partial charge in [-0.05, 0) is 58.9 Å². The van der Waals surface area contributed by atoms with Crippen LogP contribution in [0.4, 0.5) is 0 Å². The first-order valence-corrected chi connectivity index (χ1v) is 12.5. The number of carbonyl (C=O) groups is 1. The summed E-state index contributed by atoms with van der Waals surface area (Å²) in [5, 5.41) is 0. The summed E-state index contributed by atoms with van der Waals surface area (Å²) in [5.74, 6) is 3.16. The summed E-state index contributed by atoms with van der Waals surface area (Å²) in [6.45, 7) is 7.47. The van der Waals surface area contributed by atoms with Crippen molar-refractivity contribution in [3.8, 4) is 11.5 Å². The van der Waals surface area contributed by atoms with Gasteiger partial charge in [-0.15, -0.1) is 0 Å². The lowest BCUT2D eigenvalue weighted by atomic mass is 9.74. The quantitative estimate of drug-likeness (QED) is 0.455. The highest BCUT2D eigenvalue weighted by atomic mass is 16.5. The van der Waals surface area contributed by atoms with Crippen LogP contribution in [0.15, 0.2) is 54.6 Å². The Bertz CT molecular complexity index is 1140. The molecular weight excluding hydrogens is 424 g/mol. The number of hydrogen-bond donors (Lipinski definition) is 0. The van der Waals surface area contributed by atoms with Crippen LogP contribution in [0, 0.1) is 17.8 Å². The maximum absolute atomic E-state index is 11.7. The second-order valence-corrected chi connectivity index (χ2v) is 10.2. The van der Waals surface area contributed by atoms with Crippen LogP contribution in [0.25, 0.3) is 5.57 Å². The minimum Gasteiger partial charge on any atom is -0.492 e. The molecule has 2 aromatic carbocycles. The molecule has 4 atom stereocenters. The SMILES string of the molecule is COC(=O)C[C@@H]1COc2cc(O[C@@H]3CCc4cc(C5=CC=CC(C)C5C(C)C)ccc43)ccc21. The van der Waals surface area contributed by atoms with Gasteiger partial charge in [0.05, 0.1) is 20.1 Å². The molecule has 34 heavy (non-hydrogen) atoms. The summed E-state index contributed by atoms with van der Waals surface area (Å²) in [7, 11) is 1.42. The fourth-order valence-corrected chi connectivity index (χ4v) is 5.93. The van der Waals surface area contributed by atoms with E-state index in [-0.39, 0.29) is 18.0 Å². The molecule has 1 aliphatic heterocycles. The lowest BCUT2D eigenvalue weighted by Crippen LogP contribution is -2.20. The van der Waals surface area contributed by atoms with Crippen LogP contribution >= 0.6 is 0 Å². The van der Waals surface area contributed by atoms with Gasteiger partial charge in [-0.2, -0.15) is 0 Å². The predicted molar refractivity (Wildman–Crippen MR) is 134 cm³/mol. The molecule has 178 valence electrons. The predicted octanol–water partition coefficient (Wildman–Crippen LogP) is 6.65. The summed E-state index contributed by atoms with van der Waals surface area (Å²) < 4.78 is 17.1. The van der Waals surface area contributed by atoms with Crippen molar-refractivity contribution in [3.05, 3.63) is 76.9 Å². The van der Waals surface area contributed by atoms with E-state index < -0.39 is 0 Å². The molecular formula is C30H34O4. The van der Waals surface area contributed by atoms with Crippen molar-refractivity contribution in [2.24, 2.45) is 17.8 Å². The third-order valence-electron chi connectivity index (χ3n) is 7.62. The lowest BCUT2D eigenvalue weighted by molar-refractivity contribution is -0.141. The first kappa shape index (κ1) is 22.8. The van der Waals surface area contributed by atoms with Crippen LogP contribution < -0.4 is 9.47 Å². The van der Waals surface area contributed by atoms with Crippen molar-refractivity contribution in [2.45, 2.75) is 52.1 Å². The van der Waals surface area contributed by atoms with Crippen LogP contribution in [0.2, 0.25) is 0 Å². The van der Waals surface area contributed by atoms with Gasteiger partial charge >= 0.3 is 5.97 Å². The normalized spacial score (nSPS) is 24.9. The molecule has 4 heteroatoms. The van der Waals surface area contributed by atoms with Gasteiger partial charge in [-0.25, -0.2) is 0 Å². The van der Waals surface area contributed by atoms with Gasteiger partial charge in [-0.1, -0.05) is 63.3 Å². The van der Waals surface area contributed by atoms with E-state index in [0.717, 1.165) is 29.9 Å². The molecule has 5 rings (SSSR count). The lowest BCUT2D eigenvalue weighted by Gasteiger charge is -2.31. The Morgan fingerprint density at radius 1 is 1.15 bits per heavy atom. The minimum atomic E-state index is -0.210. The highest BCUT2D eigenvalue weighted by Gasteiger charge is 2.30. The molecule has 0 radical (unpaired) electrons. The summed E-state index contributed by atoms with van der Waals surface area (Å²) in [4.78, 5) is 11.7. The van der Waals surface area contributed by atoms with E-state index >= 15 is 0 Å². The monoisotopic (exact) mass is 458 g/mol. The number of aryl methyl sites for hydroxylation is 1. The Labute approximate surface area is 202 Å². The van der Waals surface area contributed by atoms with Gasteiger partial charge in [-0.3, -0.25) is 4.79 Å². The van der Waals surface area contributed by atoms with E-state index in [0.29, 0.717) is 30.8 Å². The first-order valence-electron chi connectivity index (χ1n) is 12.5. The van der Waals surface area contributed by atoms with Gasteiger partial charge < -0.3 is 14.2 Å². The number of rotatable bonds is 6. The Morgan fingerprint density at radius 2 is 1.97 bits per heavy atom. The van der Waals surface area contributed by atoms with Gasteiger partial charge in [0.1, 0.15) is 17.6 Å². The van der Waals surface area contributed by atoms with Crippen LogP contribution in [0.3, 0.4) is 0 Å². The Hall–Kier alpha value is -3.01. The molecule has 2 aliphatic carbocycles. The third-order valence-corrected chi connectivity index (χ3v) is 7.62. The molecule has 4 nitrogen and oxygen atoms in total. The molecule has 0 N–H and O–H groups in total. The second-order valence-electron chi connectivity index (χ2n) is 10.2. The Morgan fingerprint density at radius 3 is 2.76 bits per heavy atom. The zero-order chi connectivity index (χ0) is 23.8. The minimum absolute atomic E-state index is 0.0449. The molecule has 0 spiro atoms. The third kappa shape index (κ3) is 4.26. The number of fused-ring (bicyclic) bond motifs is 2. The van der Waals surface area contributed by atoms with E-state index in [1.54, 1.807) is 0 Å². The molecule has 2 unspecified atom stereocenters. The van der Waals surface area contributed by atoms with Crippen LogP contribution in [-0.4, -0.2) is 19.7 Å². The smallest absolute Gasteiger partial charge is 0.306 e. The highest BCUT2D eigenvalue weighted by Crippen LogP contribution is 2.43. The van der Waals surface area contributed by atoms with E-state index in [9.17, 15) is 4.79 Å². The van der Waals surface area contributed by atoms with Crippen molar-refractivity contribution in [1.82, 2.24) is 0 Å². The van der Waals surface area contributed by atoms with E-state index in [1.165, 1.54) is 29.4 Å². The standard InChI is InChI=1S/C30H34O4/c1-18(2)30-19(3)6-5-7-26(30)21-8-11-24-20(14-21)9-13-27(24)34-23-10-12-25-22(15-29(31)32-4)17-33-28(25)16-23/h5-8,10-12,14,16,18-19,22,27,30H,9,13,15,17H2,1-4H3/t19?,22-,27-,30?/m1/s1. The Kier molecular flexibility index (Phi) is 6.24. The van der Waals surface area contributed by atoms with Gasteiger partial charge in [0.15, 0.2) is 0 Å². The van der Waals surface area contributed by atoms with Gasteiger partial charge in [0.25, 0.3) is 0 Å². The molecule has 2 aromatic rings. The number of allylic oxidation sites excluding steroid dienone is 4. The van der Waals surface area contributed by atoms with E-state index in [4.69, 9.17) is 14.2 Å². The molecule has 0 amide bonds. The second kappa shape index (κ2) is 9.32. The van der Waals surface area contributed by atoms with Crippen LogP contribution in [0.1, 0.15) is 67.9 Å². The van der Waals surface area contributed by atoms with Crippen molar-refractivity contribution in [3.63, 3.8) is 0 Å². The molecule has 0 fully saturated rings. The fourth-order valence-electron chi connectivity index (χ4n) is 5.93. The zero-order valence-electron chi connectivity index (χ0n) is 20.5. The maximum Gasteiger partial charge on any atom is 0.306 e. The number of hydrogen-bond acceptors (Lipinski definition) is 4. The number of esters is 1. The van der Waals surface area contributed by atoms with Gasteiger partial charge in [0, 0.05) is 17.5 Å². The van der Waals surface area contributed by atoms with Crippen molar-refractivity contribution in [2.75, 3.05) is 13.7 Å². The fraction of sp³-hybridized carbons (Fsp3) is 0.433. The number of benzene rings is 2. The Balaban J connectivity index is 1.32. The summed E-state index contributed by atoms with van der Waals surface area (Å²) in [6, 6.07) is 12.9. The van der Waals surface area contributed by atoms with E-state index in [2.05, 4.69) is 57.2 Å². The molecule has 0 bridgehead atoms. The van der Waals surface area contributed by atoms with Gasteiger partial charge in [0.2, 0.25) is 0 Å². The topological polar surface area (TPSA) is 44.8 Å². The highest BCUT2D eigenvalue weighted by molar-refractivity contribution is 5.72. The number of carbonyl (C=O) groups excluding carboxylic acids is 1. The molecule has 0 saturated heterocycles. The maximum atomic E-state index is 11.7. The summed E-state index contributed by atoms with van der Waals surface area (Å²) in [6.07, 6.45) is 9.23. The van der Waals surface area contributed by atoms with Crippen LogP contribution in [0.5, 0.6) is 11.5 Å².